The predicted molar refractivity (Wildman–Crippen MR) is 54.1 cm³/mol. The SMILES string of the molecule is C=CCCCCCCC(O)C=C. The van der Waals surface area contributed by atoms with Gasteiger partial charge in [-0.1, -0.05) is 31.4 Å². The molecule has 0 aromatic carbocycles. The third-order valence-electron chi connectivity index (χ3n) is 1.93. The predicted octanol–water partition coefficient (Wildman–Crippen LogP) is 3.06. The molecule has 12 heavy (non-hydrogen) atoms. The van der Waals surface area contributed by atoms with E-state index in [1.54, 1.807) is 6.08 Å². The van der Waals surface area contributed by atoms with E-state index in [-0.39, 0.29) is 6.10 Å². The summed E-state index contributed by atoms with van der Waals surface area (Å²) in [6.07, 6.45) is 10.0. The first kappa shape index (κ1) is 11.4. The third-order valence-corrected chi connectivity index (χ3v) is 1.93. The minimum atomic E-state index is -0.301. The summed E-state index contributed by atoms with van der Waals surface area (Å²) >= 11 is 0. The zero-order chi connectivity index (χ0) is 9.23. The molecule has 1 heteroatoms. The van der Waals surface area contributed by atoms with Gasteiger partial charge in [0.1, 0.15) is 0 Å². The van der Waals surface area contributed by atoms with Crippen molar-refractivity contribution in [3.63, 3.8) is 0 Å². The molecule has 0 amide bonds. The standard InChI is InChI=1S/C11H20O/c1-3-5-6-7-8-9-10-11(12)4-2/h3-4,11-12H,1-2,5-10H2. The second kappa shape index (κ2) is 8.54. The van der Waals surface area contributed by atoms with Crippen LogP contribution in [0, 0.1) is 0 Å². The molecule has 1 unspecified atom stereocenters. The smallest absolute Gasteiger partial charge is 0.0718 e. The first-order valence-electron chi connectivity index (χ1n) is 4.72. The molecule has 1 nitrogen and oxygen atoms in total. The van der Waals surface area contributed by atoms with E-state index in [1.165, 1.54) is 19.3 Å². The molecular weight excluding hydrogens is 148 g/mol. The van der Waals surface area contributed by atoms with E-state index in [4.69, 9.17) is 5.11 Å². The van der Waals surface area contributed by atoms with Crippen LogP contribution in [-0.4, -0.2) is 11.2 Å². The molecule has 0 aliphatic rings. The summed E-state index contributed by atoms with van der Waals surface area (Å²) in [6.45, 7) is 7.19. The second-order valence-corrected chi connectivity index (χ2v) is 3.08. The molecule has 0 bridgehead atoms. The Hall–Kier alpha value is -0.560. The first-order valence-corrected chi connectivity index (χ1v) is 4.72. The number of hydrogen-bond donors (Lipinski definition) is 1. The highest BCUT2D eigenvalue weighted by atomic mass is 16.3. The van der Waals surface area contributed by atoms with Gasteiger partial charge in [0.25, 0.3) is 0 Å². The van der Waals surface area contributed by atoms with Crippen LogP contribution in [0.4, 0.5) is 0 Å². The second-order valence-electron chi connectivity index (χ2n) is 3.08. The lowest BCUT2D eigenvalue weighted by Gasteiger charge is -2.03. The molecule has 0 saturated carbocycles. The van der Waals surface area contributed by atoms with Gasteiger partial charge in [0.05, 0.1) is 6.10 Å². The van der Waals surface area contributed by atoms with Crippen LogP contribution in [0.3, 0.4) is 0 Å². The first-order chi connectivity index (χ1) is 5.81. The number of unbranched alkanes of at least 4 members (excludes halogenated alkanes) is 4. The van der Waals surface area contributed by atoms with E-state index in [2.05, 4.69) is 13.2 Å². The molecule has 0 spiro atoms. The fourth-order valence-electron chi connectivity index (χ4n) is 1.11. The van der Waals surface area contributed by atoms with Crippen LogP contribution >= 0.6 is 0 Å². The summed E-state index contributed by atoms with van der Waals surface area (Å²) in [4.78, 5) is 0. The highest BCUT2D eigenvalue weighted by Gasteiger charge is 1.96. The van der Waals surface area contributed by atoms with Crippen molar-refractivity contribution in [2.75, 3.05) is 0 Å². The molecule has 0 rings (SSSR count). The van der Waals surface area contributed by atoms with Crippen LogP contribution in [0.1, 0.15) is 38.5 Å². The fraction of sp³-hybridized carbons (Fsp3) is 0.636. The minimum absolute atomic E-state index is 0.301. The van der Waals surface area contributed by atoms with E-state index in [0.717, 1.165) is 19.3 Å². The molecule has 0 heterocycles. The van der Waals surface area contributed by atoms with Crippen molar-refractivity contribution in [3.8, 4) is 0 Å². The number of allylic oxidation sites excluding steroid dienone is 1. The molecule has 0 fully saturated rings. The van der Waals surface area contributed by atoms with Crippen LogP contribution in [0.25, 0.3) is 0 Å². The topological polar surface area (TPSA) is 20.2 Å². The quantitative estimate of drug-likeness (QED) is 0.436. The molecule has 1 N–H and O–H groups in total. The number of hydrogen-bond acceptors (Lipinski definition) is 1. The van der Waals surface area contributed by atoms with E-state index in [1.807, 2.05) is 6.08 Å². The summed E-state index contributed by atoms with van der Waals surface area (Å²) in [7, 11) is 0. The van der Waals surface area contributed by atoms with Gasteiger partial charge in [-0.25, -0.2) is 0 Å². The van der Waals surface area contributed by atoms with E-state index in [0.29, 0.717) is 0 Å². The summed E-state index contributed by atoms with van der Waals surface area (Å²) in [5.41, 5.74) is 0. The highest BCUT2D eigenvalue weighted by molar-refractivity contribution is 4.77. The molecule has 0 aromatic rings. The van der Waals surface area contributed by atoms with E-state index in [9.17, 15) is 0 Å². The minimum Gasteiger partial charge on any atom is -0.389 e. The molecule has 1 atom stereocenters. The lowest BCUT2D eigenvalue weighted by molar-refractivity contribution is 0.208. The van der Waals surface area contributed by atoms with Crippen molar-refractivity contribution < 1.29 is 5.11 Å². The number of aliphatic hydroxyl groups is 1. The normalized spacial score (nSPS) is 12.4. The Bertz CT molecular complexity index is 118. The molecule has 0 aromatic heterocycles. The van der Waals surface area contributed by atoms with Crippen molar-refractivity contribution in [1.82, 2.24) is 0 Å². The van der Waals surface area contributed by atoms with Gasteiger partial charge in [0, 0.05) is 0 Å². The summed E-state index contributed by atoms with van der Waals surface area (Å²) in [5, 5.41) is 9.13. The van der Waals surface area contributed by atoms with Crippen LogP contribution in [0.15, 0.2) is 25.3 Å². The van der Waals surface area contributed by atoms with Crippen molar-refractivity contribution in [1.29, 1.82) is 0 Å². The van der Waals surface area contributed by atoms with Crippen molar-refractivity contribution in [2.45, 2.75) is 44.6 Å². The van der Waals surface area contributed by atoms with Gasteiger partial charge < -0.3 is 5.11 Å². The van der Waals surface area contributed by atoms with Crippen LogP contribution in [-0.2, 0) is 0 Å². The van der Waals surface area contributed by atoms with Crippen molar-refractivity contribution >= 4 is 0 Å². The van der Waals surface area contributed by atoms with Gasteiger partial charge in [-0.15, -0.1) is 13.2 Å². The largest absolute Gasteiger partial charge is 0.389 e. The van der Waals surface area contributed by atoms with E-state index < -0.39 is 0 Å². The molecule has 0 radical (unpaired) electrons. The third kappa shape index (κ3) is 7.55. The van der Waals surface area contributed by atoms with Crippen LogP contribution in [0.2, 0.25) is 0 Å². The lowest BCUT2D eigenvalue weighted by Crippen LogP contribution is -2.00. The molecular formula is C11H20O. The lowest BCUT2D eigenvalue weighted by atomic mass is 10.1. The Morgan fingerprint density at radius 3 is 2.33 bits per heavy atom. The number of rotatable bonds is 8. The van der Waals surface area contributed by atoms with Gasteiger partial charge in [-0.3, -0.25) is 0 Å². The maximum Gasteiger partial charge on any atom is 0.0718 e. The monoisotopic (exact) mass is 168 g/mol. The summed E-state index contributed by atoms with van der Waals surface area (Å²) in [5.74, 6) is 0. The van der Waals surface area contributed by atoms with Gasteiger partial charge in [-0.2, -0.15) is 0 Å². The molecule has 70 valence electrons. The maximum absolute atomic E-state index is 9.13. The average Bonchev–Trinajstić information content (AvgIpc) is 2.10. The Morgan fingerprint density at radius 1 is 1.08 bits per heavy atom. The summed E-state index contributed by atoms with van der Waals surface area (Å²) in [6, 6.07) is 0. The Labute approximate surface area is 75.8 Å². The van der Waals surface area contributed by atoms with Gasteiger partial charge in [0.2, 0.25) is 0 Å². The number of aliphatic hydroxyl groups excluding tert-OH is 1. The maximum atomic E-state index is 9.13. The average molecular weight is 168 g/mol. The molecule has 0 aliphatic heterocycles. The fourth-order valence-corrected chi connectivity index (χ4v) is 1.11. The Morgan fingerprint density at radius 2 is 1.75 bits per heavy atom. The van der Waals surface area contributed by atoms with Crippen molar-refractivity contribution in [2.24, 2.45) is 0 Å². The van der Waals surface area contributed by atoms with Gasteiger partial charge in [0.15, 0.2) is 0 Å². The Balaban J connectivity index is 2.99. The molecule has 0 saturated heterocycles. The van der Waals surface area contributed by atoms with Crippen molar-refractivity contribution in [3.05, 3.63) is 25.3 Å². The van der Waals surface area contributed by atoms with Gasteiger partial charge >= 0.3 is 0 Å². The highest BCUT2D eigenvalue weighted by Crippen LogP contribution is 2.07. The van der Waals surface area contributed by atoms with Crippen LogP contribution in [0.5, 0.6) is 0 Å². The zero-order valence-electron chi connectivity index (χ0n) is 7.84. The van der Waals surface area contributed by atoms with Crippen LogP contribution < -0.4 is 0 Å². The Kier molecular flexibility index (Phi) is 8.14. The van der Waals surface area contributed by atoms with E-state index >= 15 is 0 Å². The molecule has 0 aliphatic carbocycles. The zero-order valence-corrected chi connectivity index (χ0v) is 7.84. The van der Waals surface area contributed by atoms with Gasteiger partial charge in [-0.05, 0) is 19.3 Å². The summed E-state index contributed by atoms with van der Waals surface area (Å²) < 4.78 is 0.